The molecule has 1 heterocycles. The SMILES string of the molecule is COC(=O)c1cc(C(=O)NC(C)(C)c2ccc(F)cc2)ccn1. The maximum atomic E-state index is 13.0. The van der Waals surface area contributed by atoms with Gasteiger partial charge < -0.3 is 10.1 Å². The maximum Gasteiger partial charge on any atom is 0.356 e. The number of carbonyl (C=O) groups is 2. The van der Waals surface area contributed by atoms with Crippen LogP contribution >= 0.6 is 0 Å². The quantitative estimate of drug-likeness (QED) is 0.881. The van der Waals surface area contributed by atoms with Crippen LogP contribution < -0.4 is 5.32 Å². The fraction of sp³-hybridized carbons (Fsp3) is 0.235. The monoisotopic (exact) mass is 316 g/mol. The van der Waals surface area contributed by atoms with Gasteiger partial charge in [-0.05, 0) is 43.7 Å². The first-order chi connectivity index (χ1) is 10.8. The highest BCUT2D eigenvalue weighted by Gasteiger charge is 2.24. The van der Waals surface area contributed by atoms with Gasteiger partial charge in [-0.25, -0.2) is 14.2 Å². The smallest absolute Gasteiger partial charge is 0.356 e. The Labute approximate surface area is 133 Å². The van der Waals surface area contributed by atoms with E-state index in [4.69, 9.17) is 0 Å². The minimum absolute atomic E-state index is 0.0553. The van der Waals surface area contributed by atoms with E-state index in [0.717, 1.165) is 5.56 Å². The van der Waals surface area contributed by atoms with Crippen LogP contribution in [0.5, 0.6) is 0 Å². The molecule has 1 N–H and O–H groups in total. The number of pyridine rings is 1. The van der Waals surface area contributed by atoms with Crippen molar-refractivity contribution in [3.63, 3.8) is 0 Å². The van der Waals surface area contributed by atoms with Gasteiger partial charge >= 0.3 is 5.97 Å². The lowest BCUT2D eigenvalue weighted by molar-refractivity contribution is 0.0594. The predicted molar refractivity (Wildman–Crippen MR) is 82.5 cm³/mol. The largest absolute Gasteiger partial charge is 0.464 e. The summed E-state index contributed by atoms with van der Waals surface area (Å²) in [5.41, 5.74) is 0.393. The highest BCUT2D eigenvalue weighted by molar-refractivity contribution is 5.97. The average Bonchev–Trinajstić information content (AvgIpc) is 2.54. The molecule has 0 bridgehead atoms. The van der Waals surface area contributed by atoms with Gasteiger partial charge in [0.2, 0.25) is 0 Å². The van der Waals surface area contributed by atoms with Crippen molar-refractivity contribution in [1.29, 1.82) is 0 Å². The van der Waals surface area contributed by atoms with Crippen LogP contribution in [0.4, 0.5) is 4.39 Å². The van der Waals surface area contributed by atoms with Gasteiger partial charge in [-0.15, -0.1) is 0 Å². The first kappa shape index (κ1) is 16.6. The van der Waals surface area contributed by atoms with Crippen LogP contribution in [0.15, 0.2) is 42.6 Å². The van der Waals surface area contributed by atoms with Crippen molar-refractivity contribution >= 4 is 11.9 Å². The van der Waals surface area contributed by atoms with E-state index in [-0.39, 0.29) is 23.0 Å². The number of nitrogens with zero attached hydrogens (tertiary/aromatic N) is 1. The molecule has 2 aromatic rings. The first-order valence-corrected chi connectivity index (χ1v) is 6.96. The molecule has 0 aliphatic carbocycles. The Balaban J connectivity index is 2.21. The zero-order chi connectivity index (χ0) is 17.0. The highest BCUT2D eigenvalue weighted by Crippen LogP contribution is 2.21. The molecule has 120 valence electrons. The Bertz CT molecular complexity index is 727. The molecular formula is C17H17FN2O3. The van der Waals surface area contributed by atoms with Crippen LogP contribution in [-0.2, 0) is 10.3 Å². The average molecular weight is 316 g/mol. The fourth-order valence-electron chi connectivity index (χ4n) is 2.08. The first-order valence-electron chi connectivity index (χ1n) is 6.96. The third kappa shape index (κ3) is 3.91. The third-order valence-electron chi connectivity index (χ3n) is 3.41. The van der Waals surface area contributed by atoms with E-state index in [1.165, 1.54) is 37.6 Å². The number of ether oxygens (including phenoxy) is 1. The summed E-state index contributed by atoms with van der Waals surface area (Å²) < 4.78 is 17.6. The molecule has 1 aromatic heterocycles. The summed E-state index contributed by atoms with van der Waals surface area (Å²) in [7, 11) is 1.24. The van der Waals surface area contributed by atoms with E-state index >= 15 is 0 Å². The zero-order valence-electron chi connectivity index (χ0n) is 13.1. The number of benzene rings is 1. The molecule has 5 nitrogen and oxygen atoms in total. The van der Waals surface area contributed by atoms with E-state index in [0.29, 0.717) is 0 Å². The van der Waals surface area contributed by atoms with Crippen LogP contribution in [0, 0.1) is 5.82 Å². The van der Waals surface area contributed by atoms with Crippen molar-refractivity contribution in [3.05, 3.63) is 65.2 Å². The van der Waals surface area contributed by atoms with Crippen LogP contribution in [0.3, 0.4) is 0 Å². The number of carbonyl (C=O) groups excluding carboxylic acids is 2. The topological polar surface area (TPSA) is 68.3 Å². The Hall–Kier alpha value is -2.76. The summed E-state index contributed by atoms with van der Waals surface area (Å²) in [6, 6.07) is 8.77. The second-order valence-electron chi connectivity index (χ2n) is 5.51. The third-order valence-corrected chi connectivity index (χ3v) is 3.41. The summed E-state index contributed by atoms with van der Waals surface area (Å²) in [6.07, 6.45) is 1.37. The number of nitrogens with one attached hydrogen (secondary N) is 1. The van der Waals surface area contributed by atoms with Crippen molar-refractivity contribution in [3.8, 4) is 0 Å². The molecule has 0 fully saturated rings. The minimum atomic E-state index is -0.709. The Morgan fingerprint density at radius 2 is 1.83 bits per heavy atom. The minimum Gasteiger partial charge on any atom is -0.464 e. The summed E-state index contributed by atoms with van der Waals surface area (Å²) in [5.74, 6) is -1.32. The lowest BCUT2D eigenvalue weighted by Crippen LogP contribution is -2.41. The summed E-state index contributed by atoms with van der Waals surface area (Å²) in [6.45, 7) is 3.61. The number of hydrogen-bond donors (Lipinski definition) is 1. The molecule has 1 amide bonds. The molecule has 6 heteroatoms. The molecule has 0 saturated carbocycles. The van der Waals surface area contributed by atoms with Gasteiger partial charge in [-0.2, -0.15) is 0 Å². The van der Waals surface area contributed by atoms with Crippen LogP contribution in [0.1, 0.15) is 40.3 Å². The van der Waals surface area contributed by atoms with Gasteiger partial charge in [-0.3, -0.25) is 4.79 Å². The number of aromatic nitrogens is 1. The van der Waals surface area contributed by atoms with Crippen molar-refractivity contribution in [2.45, 2.75) is 19.4 Å². The van der Waals surface area contributed by atoms with Gasteiger partial charge in [-0.1, -0.05) is 12.1 Å². The van der Waals surface area contributed by atoms with Crippen LogP contribution in [0.25, 0.3) is 0 Å². The summed E-state index contributed by atoms with van der Waals surface area (Å²) in [4.78, 5) is 27.7. The number of halogens is 1. The highest BCUT2D eigenvalue weighted by atomic mass is 19.1. The summed E-state index contributed by atoms with van der Waals surface area (Å²) >= 11 is 0. The van der Waals surface area contributed by atoms with E-state index in [1.54, 1.807) is 26.0 Å². The van der Waals surface area contributed by atoms with Crippen molar-refractivity contribution < 1.29 is 18.7 Å². The predicted octanol–water partition coefficient (Wildman–Crippen LogP) is 2.67. The van der Waals surface area contributed by atoms with Gasteiger partial charge in [0.25, 0.3) is 5.91 Å². The molecule has 0 radical (unpaired) electrons. The molecule has 0 aliphatic rings. The van der Waals surface area contributed by atoms with Gasteiger partial charge in [0.1, 0.15) is 11.5 Å². The number of hydrogen-bond acceptors (Lipinski definition) is 4. The van der Waals surface area contributed by atoms with Gasteiger partial charge in [0.05, 0.1) is 12.6 Å². The normalized spacial score (nSPS) is 11.0. The molecule has 0 aliphatic heterocycles. The van der Waals surface area contributed by atoms with Gasteiger partial charge in [0.15, 0.2) is 0 Å². The van der Waals surface area contributed by atoms with Crippen LogP contribution in [0.2, 0.25) is 0 Å². The fourth-order valence-corrected chi connectivity index (χ4v) is 2.08. The number of rotatable bonds is 4. The van der Waals surface area contributed by atoms with E-state index in [9.17, 15) is 14.0 Å². The molecule has 2 rings (SSSR count). The molecular weight excluding hydrogens is 299 g/mol. The lowest BCUT2D eigenvalue weighted by Gasteiger charge is -2.27. The van der Waals surface area contributed by atoms with Crippen molar-refractivity contribution in [1.82, 2.24) is 10.3 Å². The van der Waals surface area contributed by atoms with E-state index in [2.05, 4.69) is 15.0 Å². The molecule has 1 aromatic carbocycles. The maximum absolute atomic E-state index is 13.0. The van der Waals surface area contributed by atoms with Gasteiger partial charge in [0, 0.05) is 11.8 Å². The van der Waals surface area contributed by atoms with Crippen LogP contribution in [-0.4, -0.2) is 24.0 Å². The molecule has 0 atom stereocenters. The Kier molecular flexibility index (Phi) is 4.74. The summed E-state index contributed by atoms with van der Waals surface area (Å²) in [5, 5.41) is 2.85. The second-order valence-corrected chi connectivity index (χ2v) is 5.51. The molecule has 0 saturated heterocycles. The Morgan fingerprint density at radius 3 is 2.43 bits per heavy atom. The number of amides is 1. The van der Waals surface area contributed by atoms with Crippen molar-refractivity contribution in [2.75, 3.05) is 7.11 Å². The molecule has 0 unspecified atom stereocenters. The second kappa shape index (κ2) is 6.56. The number of esters is 1. The molecule has 0 spiro atoms. The zero-order valence-corrected chi connectivity index (χ0v) is 13.1. The molecule has 23 heavy (non-hydrogen) atoms. The van der Waals surface area contributed by atoms with Crippen molar-refractivity contribution in [2.24, 2.45) is 0 Å². The van der Waals surface area contributed by atoms with E-state index < -0.39 is 11.5 Å². The van der Waals surface area contributed by atoms with E-state index in [1.807, 2.05) is 0 Å². The number of methoxy groups -OCH3 is 1. The standard InChI is InChI=1S/C17H17FN2O3/c1-17(2,12-4-6-13(18)7-5-12)20-15(21)11-8-9-19-14(10-11)16(22)23-3/h4-10H,1-3H3,(H,20,21). The lowest BCUT2D eigenvalue weighted by atomic mass is 9.94. The Morgan fingerprint density at radius 1 is 1.17 bits per heavy atom.